The van der Waals surface area contributed by atoms with Crippen LogP contribution in [0, 0.1) is 22.9 Å². The van der Waals surface area contributed by atoms with Gasteiger partial charge in [0.05, 0.1) is 29.9 Å². The van der Waals surface area contributed by atoms with Crippen molar-refractivity contribution in [3.63, 3.8) is 0 Å². The van der Waals surface area contributed by atoms with Crippen LogP contribution in [0.3, 0.4) is 0 Å². The second kappa shape index (κ2) is 10.2. The van der Waals surface area contributed by atoms with E-state index in [9.17, 15) is 26.4 Å². The molecule has 2 N–H and O–H groups in total. The van der Waals surface area contributed by atoms with E-state index in [0.29, 0.717) is 11.8 Å². The number of hydrogen-bond donors (Lipinski definition) is 1. The molecule has 3 aromatic rings. The van der Waals surface area contributed by atoms with Gasteiger partial charge in [0.1, 0.15) is 23.1 Å². The fourth-order valence-electron chi connectivity index (χ4n) is 4.41. The molecule has 0 spiro atoms. The first kappa shape index (κ1) is 27.0. The quantitative estimate of drug-likeness (QED) is 0.420. The standard InChI is InChI=1S/C26H28F3N5O4S/c1-26(4-5-26)16-38-24-23(14-31-34(25(24)35)20-12-18(27)11-19(28)13-20)32-6-8-33(9-7-32)39(36,37)15-17-2-3-22(30)21(29)10-17/h2-3,10-14H,4-9,15-16,30H2,1H3. The maximum Gasteiger partial charge on any atom is 0.316 e. The Bertz CT molecular complexity index is 1550. The Morgan fingerprint density at radius 2 is 1.69 bits per heavy atom. The van der Waals surface area contributed by atoms with Crippen LogP contribution in [-0.4, -0.2) is 55.3 Å². The zero-order chi connectivity index (χ0) is 27.9. The van der Waals surface area contributed by atoms with Gasteiger partial charge in [-0.15, -0.1) is 0 Å². The Morgan fingerprint density at radius 3 is 2.31 bits per heavy atom. The van der Waals surface area contributed by atoms with Crippen molar-refractivity contribution >= 4 is 21.4 Å². The first-order valence-corrected chi connectivity index (χ1v) is 14.0. The van der Waals surface area contributed by atoms with Gasteiger partial charge in [-0.1, -0.05) is 13.0 Å². The van der Waals surface area contributed by atoms with Gasteiger partial charge in [-0.25, -0.2) is 21.6 Å². The van der Waals surface area contributed by atoms with Crippen LogP contribution >= 0.6 is 0 Å². The van der Waals surface area contributed by atoms with Gasteiger partial charge in [-0.3, -0.25) is 4.79 Å². The van der Waals surface area contributed by atoms with Gasteiger partial charge in [0.2, 0.25) is 15.8 Å². The minimum atomic E-state index is -3.75. The number of halogens is 3. The lowest BCUT2D eigenvalue weighted by Crippen LogP contribution is -2.49. The third kappa shape index (κ3) is 5.88. The van der Waals surface area contributed by atoms with Gasteiger partial charge < -0.3 is 15.4 Å². The molecule has 2 aromatic carbocycles. The molecule has 0 atom stereocenters. The Labute approximate surface area is 223 Å². The lowest BCUT2D eigenvalue weighted by molar-refractivity contribution is 0.242. The Morgan fingerprint density at radius 1 is 1.03 bits per heavy atom. The van der Waals surface area contributed by atoms with E-state index in [2.05, 4.69) is 5.10 Å². The molecule has 0 amide bonds. The first-order valence-electron chi connectivity index (χ1n) is 12.4. The molecule has 0 bridgehead atoms. The minimum absolute atomic E-state index is 0.0172. The molecule has 1 saturated carbocycles. The van der Waals surface area contributed by atoms with Crippen molar-refractivity contribution in [1.29, 1.82) is 0 Å². The number of hydrogen-bond acceptors (Lipinski definition) is 7. The Hall–Kier alpha value is -3.58. The Balaban J connectivity index is 1.37. The van der Waals surface area contributed by atoms with E-state index in [1.54, 1.807) is 4.90 Å². The molecule has 5 rings (SSSR count). The number of nitrogens with zero attached hydrogens (tertiary/aromatic N) is 4. The fourth-order valence-corrected chi connectivity index (χ4v) is 5.91. The predicted molar refractivity (Wildman–Crippen MR) is 140 cm³/mol. The molecule has 1 aliphatic heterocycles. The highest BCUT2D eigenvalue weighted by molar-refractivity contribution is 7.88. The average Bonchev–Trinajstić information content (AvgIpc) is 3.62. The van der Waals surface area contributed by atoms with Crippen LogP contribution in [0.25, 0.3) is 5.69 Å². The van der Waals surface area contributed by atoms with Crippen LogP contribution in [0.4, 0.5) is 24.5 Å². The summed E-state index contributed by atoms with van der Waals surface area (Å²) in [6, 6.07) is 6.61. The van der Waals surface area contributed by atoms with Gasteiger partial charge in [0, 0.05) is 37.7 Å². The highest BCUT2D eigenvalue weighted by Crippen LogP contribution is 2.45. The number of nitrogen functional groups attached to an aromatic ring is 1. The van der Waals surface area contributed by atoms with E-state index in [0.717, 1.165) is 35.7 Å². The van der Waals surface area contributed by atoms with Crippen LogP contribution in [0.15, 0.2) is 47.4 Å². The number of ether oxygens (including phenoxy) is 1. The number of sulfonamides is 1. The summed E-state index contributed by atoms with van der Waals surface area (Å²) >= 11 is 0. The second-order valence-corrected chi connectivity index (χ2v) is 12.3. The molecule has 0 unspecified atom stereocenters. The summed E-state index contributed by atoms with van der Waals surface area (Å²) in [5.74, 6) is -2.77. The number of piperazine rings is 1. The van der Waals surface area contributed by atoms with Gasteiger partial charge >= 0.3 is 5.56 Å². The normalized spacial score (nSPS) is 17.3. The lowest BCUT2D eigenvalue weighted by Gasteiger charge is -2.35. The minimum Gasteiger partial charge on any atom is -0.486 e. The van der Waals surface area contributed by atoms with Crippen molar-refractivity contribution in [3.8, 4) is 11.4 Å². The van der Waals surface area contributed by atoms with E-state index >= 15 is 0 Å². The van der Waals surface area contributed by atoms with Crippen LogP contribution in [-0.2, 0) is 15.8 Å². The maximum absolute atomic E-state index is 13.8. The molecule has 9 nitrogen and oxygen atoms in total. The highest BCUT2D eigenvalue weighted by atomic mass is 32.2. The number of aromatic nitrogens is 2. The lowest BCUT2D eigenvalue weighted by atomic mass is 10.2. The summed E-state index contributed by atoms with van der Waals surface area (Å²) < 4.78 is 75.6. The van der Waals surface area contributed by atoms with E-state index < -0.39 is 33.0 Å². The zero-order valence-corrected chi connectivity index (χ0v) is 22.1. The van der Waals surface area contributed by atoms with Crippen LogP contribution < -0.4 is 20.9 Å². The van der Waals surface area contributed by atoms with Gasteiger partial charge in [0.15, 0.2) is 0 Å². The van der Waals surface area contributed by atoms with Crippen molar-refractivity contribution in [1.82, 2.24) is 14.1 Å². The molecular formula is C26H28F3N5O4S. The van der Waals surface area contributed by atoms with Crippen LogP contribution in [0.2, 0.25) is 0 Å². The largest absolute Gasteiger partial charge is 0.486 e. The van der Waals surface area contributed by atoms with Crippen molar-refractivity contribution in [2.75, 3.05) is 43.4 Å². The highest BCUT2D eigenvalue weighted by Gasteiger charge is 2.39. The molecule has 2 aliphatic rings. The van der Waals surface area contributed by atoms with Crippen LogP contribution in [0.1, 0.15) is 25.3 Å². The number of benzene rings is 2. The van der Waals surface area contributed by atoms with E-state index in [4.69, 9.17) is 10.5 Å². The molecule has 1 aliphatic carbocycles. The zero-order valence-electron chi connectivity index (χ0n) is 21.2. The summed E-state index contributed by atoms with van der Waals surface area (Å²) in [5, 5.41) is 4.14. The predicted octanol–water partition coefficient (Wildman–Crippen LogP) is 3.06. The van der Waals surface area contributed by atoms with E-state index in [-0.39, 0.29) is 66.6 Å². The second-order valence-electron chi connectivity index (χ2n) is 10.3. The van der Waals surface area contributed by atoms with Crippen molar-refractivity contribution in [2.24, 2.45) is 5.41 Å². The number of nitrogens with two attached hydrogens (primary N) is 1. The van der Waals surface area contributed by atoms with Gasteiger partial charge in [0.25, 0.3) is 0 Å². The molecular weight excluding hydrogens is 535 g/mol. The fraction of sp³-hybridized carbons (Fsp3) is 0.385. The molecule has 208 valence electrons. The number of rotatable bonds is 8. The molecule has 2 fully saturated rings. The molecule has 1 aromatic heterocycles. The average molecular weight is 564 g/mol. The van der Waals surface area contributed by atoms with E-state index in [1.807, 2.05) is 6.92 Å². The summed E-state index contributed by atoms with van der Waals surface area (Å²) in [4.78, 5) is 15.2. The van der Waals surface area contributed by atoms with Gasteiger partial charge in [-0.05, 0) is 42.7 Å². The topological polar surface area (TPSA) is 111 Å². The molecule has 1 saturated heterocycles. The smallest absolute Gasteiger partial charge is 0.316 e. The third-order valence-electron chi connectivity index (χ3n) is 7.06. The summed E-state index contributed by atoms with van der Waals surface area (Å²) in [7, 11) is -3.75. The summed E-state index contributed by atoms with van der Waals surface area (Å²) in [6.07, 6.45) is 3.28. The Kier molecular flexibility index (Phi) is 7.06. The molecule has 0 radical (unpaired) electrons. The SMILES string of the molecule is CC1(COc2c(N3CCN(S(=O)(=O)Cc4ccc(N)c(F)c4)CC3)cnn(-c3cc(F)cc(F)c3)c2=O)CC1. The van der Waals surface area contributed by atoms with Crippen molar-refractivity contribution in [2.45, 2.75) is 25.5 Å². The molecule has 13 heteroatoms. The molecule has 2 heterocycles. The number of anilines is 2. The van der Waals surface area contributed by atoms with E-state index in [1.165, 1.54) is 22.6 Å². The summed E-state index contributed by atoms with van der Waals surface area (Å²) in [5.41, 5.74) is 5.26. The van der Waals surface area contributed by atoms with Crippen molar-refractivity contribution in [3.05, 3.63) is 76.0 Å². The van der Waals surface area contributed by atoms with Crippen LogP contribution in [0.5, 0.6) is 5.75 Å². The van der Waals surface area contributed by atoms with Gasteiger partial charge in [-0.2, -0.15) is 14.1 Å². The van der Waals surface area contributed by atoms with Crippen molar-refractivity contribution < 1.29 is 26.3 Å². The molecule has 39 heavy (non-hydrogen) atoms. The monoisotopic (exact) mass is 563 g/mol. The third-order valence-corrected chi connectivity index (χ3v) is 8.91. The first-order chi connectivity index (χ1) is 18.4. The summed E-state index contributed by atoms with van der Waals surface area (Å²) in [6.45, 7) is 3.03. The maximum atomic E-state index is 13.8.